The lowest BCUT2D eigenvalue weighted by Gasteiger charge is -2.39. The van der Waals surface area contributed by atoms with Gasteiger partial charge in [0, 0.05) is 42.1 Å². The zero-order valence-corrected chi connectivity index (χ0v) is 10.6. The smallest absolute Gasteiger partial charge is 0.0624 e. The van der Waals surface area contributed by atoms with Crippen molar-refractivity contribution in [2.75, 3.05) is 37.8 Å². The zero-order valence-electron chi connectivity index (χ0n) is 9.74. The molecule has 15 heavy (non-hydrogen) atoms. The van der Waals surface area contributed by atoms with Crippen molar-refractivity contribution in [1.82, 2.24) is 4.90 Å². The molecule has 0 radical (unpaired) electrons. The summed E-state index contributed by atoms with van der Waals surface area (Å²) in [6, 6.07) is 0.896. The van der Waals surface area contributed by atoms with Gasteiger partial charge in [-0.15, -0.1) is 0 Å². The fourth-order valence-corrected chi connectivity index (χ4v) is 3.43. The van der Waals surface area contributed by atoms with E-state index < -0.39 is 0 Å². The summed E-state index contributed by atoms with van der Waals surface area (Å²) in [5.41, 5.74) is 6.28. The molecule has 4 heteroatoms. The topological polar surface area (TPSA) is 38.5 Å². The summed E-state index contributed by atoms with van der Waals surface area (Å²) >= 11 is 2.06. The Balaban J connectivity index is 1.94. The molecule has 2 N–H and O–H groups in total. The number of thioether (sulfide) groups is 1. The normalized spacial score (nSPS) is 43.4. The molecule has 0 spiro atoms. The molecule has 0 bridgehead atoms. The minimum Gasteiger partial charge on any atom is -0.379 e. The largest absolute Gasteiger partial charge is 0.379 e. The van der Waals surface area contributed by atoms with E-state index in [1.807, 2.05) is 0 Å². The maximum Gasteiger partial charge on any atom is 0.0624 e. The van der Waals surface area contributed by atoms with E-state index in [9.17, 15) is 0 Å². The minimum absolute atomic E-state index is 0.163. The molecule has 2 fully saturated rings. The van der Waals surface area contributed by atoms with Gasteiger partial charge in [0.25, 0.3) is 0 Å². The van der Waals surface area contributed by atoms with Gasteiger partial charge in [0.2, 0.25) is 0 Å². The number of hydrogen-bond donors (Lipinski definition) is 1. The van der Waals surface area contributed by atoms with E-state index in [0.29, 0.717) is 6.04 Å². The molecule has 2 aliphatic rings. The quantitative estimate of drug-likeness (QED) is 0.761. The Morgan fingerprint density at radius 1 is 1.60 bits per heavy atom. The van der Waals surface area contributed by atoms with Crippen molar-refractivity contribution in [2.24, 2.45) is 11.1 Å². The van der Waals surface area contributed by atoms with Gasteiger partial charge in [-0.1, -0.05) is 6.92 Å². The third-order valence-electron chi connectivity index (χ3n) is 3.69. The minimum atomic E-state index is 0.163. The van der Waals surface area contributed by atoms with Gasteiger partial charge in [-0.2, -0.15) is 11.8 Å². The standard InChI is InChI=1S/C11H22N2OS/c1-9-6-15-4-3-13(9)7-11(2)8-14-5-10(11)12/h9-10H,3-8,12H2,1-2H3. The van der Waals surface area contributed by atoms with Gasteiger partial charge in [-0.3, -0.25) is 4.90 Å². The molecule has 0 aromatic heterocycles. The van der Waals surface area contributed by atoms with Crippen LogP contribution in [0.25, 0.3) is 0 Å². The Hall–Kier alpha value is 0.230. The Bertz CT molecular complexity index is 227. The lowest BCUT2D eigenvalue weighted by molar-refractivity contribution is 0.105. The average molecular weight is 230 g/mol. The van der Waals surface area contributed by atoms with Crippen LogP contribution in [0.4, 0.5) is 0 Å². The number of nitrogens with two attached hydrogens (primary N) is 1. The summed E-state index contributed by atoms with van der Waals surface area (Å²) in [5, 5.41) is 0. The monoisotopic (exact) mass is 230 g/mol. The van der Waals surface area contributed by atoms with Gasteiger partial charge >= 0.3 is 0 Å². The molecule has 0 saturated carbocycles. The Kier molecular flexibility index (Phi) is 3.60. The first-order valence-electron chi connectivity index (χ1n) is 5.77. The lowest BCUT2D eigenvalue weighted by Crippen LogP contribution is -2.51. The fraction of sp³-hybridized carbons (Fsp3) is 1.00. The molecule has 2 heterocycles. The SMILES string of the molecule is CC1CSCCN1CC1(C)COCC1N. The molecule has 0 aliphatic carbocycles. The molecular formula is C11H22N2OS. The summed E-state index contributed by atoms with van der Waals surface area (Å²) in [5.74, 6) is 2.52. The van der Waals surface area contributed by atoms with E-state index >= 15 is 0 Å². The second-order valence-corrected chi connectivity index (χ2v) is 6.32. The van der Waals surface area contributed by atoms with E-state index in [4.69, 9.17) is 10.5 Å². The van der Waals surface area contributed by atoms with Gasteiger partial charge < -0.3 is 10.5 Å². The second kappa shape index (κ2) is 4.62. The van der Waals surface area contributed by atoms with E-state index in [0.717, 1.165) is 19.8 Å². The highest BCUT2D eigenvalue weighted by Gasteiger charge is 2.40. The highest BCUT2D eigenvalue weighted by molar-refractivity contribution is 7.99. The van der Waals surface area contributed by atoms with Crippen LogP contribution in [0.1, 0.15) is 13.8 Å². The molecule has 2 rings (SSSR count). The van der Waals surface area contributed by atoms with Crippen molar-refractivity contribution in [3.8, 4) is 0 Å². The summed E-state index contributed by atoms with van der Waals surface area (Å²) in [7, 11) is 0. The van der Waals surface area contributed by atoms with Crippen molar-refractivity contribution in [3.63, 3.8) is 0 Å². The van der Waals surface area contributed by atoms with E-state index in [1.54, 1.807) is 0 Å². The highest BCUT2D eigenvalue weighted by Crippen LogP contribution is 2.30. The predicted molar refractivity (Wildman–Crippen MR) is 65.3 cm³/mol. The van der Waals surface area contributed by atoms with E-state index in [-0.39, 0.29) is 11.5 Å². The molecular weight excluding hydrogens is 208 g/mol. The van der Waals surface area contributed by atoms with Crippen LogP contribution < -0.4 is 5.73 Å². The van der Waals surface area contributed by atoms with Crippen molar-refractivity contribution in [1.29, 1.82) is 0 Å². The van der Waals surface area contributed by atoms with Crippen LogP contribution >= 0.6 is 11.8 Å². The second-order valence-electron chi connectivity index (χ2n) is 5.17. The third-order valence-corrected chi connectivity index (χ3v) is 4.88. The zero-order chi connectivity index (χ0) is 10.9. The maximum absolute atomic E-state index is 6.12. The van der Waals surface area contributed by atoms with Crippen LogP contribution in [0.15, 0.2) is 0 Å². The van der Waals surface area contributed by atoms with Crippen LogP contribution in [0, 0.1) is 5.41 Å². The molecule has 2 saturated heterocycles. The van der Waals surface area contributed by atoms with Gasteiger partial charge in [-0.25, -0.2) is 0 Å². The molecule has 3 unspecified atom stereocenters. The summed E-state index contributed by atoms with van der Waals surface area (Å²) in [6.07, 6.45) is 0. The Labute approximate surface area is 96.7 Å². The molecule has 0 amide bonds. The number of hydrogen-bond acceptors (Lipinski definition) is 4. The number of rotatable bonds is 2. The van der Waals surface area contributed by atoms with E-state index in [1.165, 1.54) is 18.1 Å². The van der Waals surface area contributed by atoms with Crippen LogP contribution in [-0.4, -0.2) is 54.8 Å². The van der Waals surface area contributed by atoms with Gasteiger partial charge in [0.1, 0.15) is 0 Å². The number of nitrogens with zero attached hydrogens (tertiary/aromatic N) is 1. The van der Waals surface area contributed by atoms with E-state index in [2.05, 4.69) is 30.5 Å². The molecule has 3 nitrogen and oxygen atoms in total. The van der Waals surface area contributed by atoms with Crippen molar-refractivity contribution >= 4 is 11.8 Å². The van der Waals surface area contributed by atoms with Crippen LogP contribution in [0.2, 0.25) is 0 Å². The highest BCUT2D eigenvalue weighted by atomic mass is 32.2. The summed E-state index contributed by atoms with van der Waals surface area (Å²) in [6.45, 7) is 8.43. The molecule has 2 aliphatic heterocycles. The Morgan fingerprint density at radius 3 is 3.00 bits per heavy atom. The first kappa shape index (κ1) is 11.7. The van der Waals surface area contributed by atoms with Crippen molar-refractivity contribution in [3.05, 3.63) is 0 Å². The number of ether oxygens (including phenoxy) is 1. The lowest BCUT2D eigenvalue weighted by atomic mass is 9.85. The first-order chi connectivity index (χ1) is 7.12. The van der Waals surface area contributed by atoms with Crippen LogP contribution in [-0.2, 0) is 4.74 Å². The van der Waals surface area contributed by atoms with Crippen molar-refractivity contribution in [2.45, 2.75) is 25.9 Å². The van der Waals surface area contributed by atoms with Crippen LogP contribution in [0.3, 0.4) is 0 Å². The van der Waals surface area contributed by atoms with Crippen LogP contribution in [0.5, 0.6) is 0 Å². The average Bonchev–Trinajstić information content (AvgIpc) is 2.51. The third kappa shape index (κ3) is 2.49. The Morgan fingerprint density at radius 2 is 2.40 bits per heavy atom. The van der Waals surface area contributed by atoms with Gasteiger partial charge in [-0.05, 0) is 6.92 Å². The van der Waals surface area contributed by atoms with Crippen molar-refractivity contribution < 1.29 is 4.74 Å². The molecule has 0 aromatic carbocycles. The van der Waals surface area contributed by atoms with Gasteiger partial charge in [0.05, 0.1) is 13.2 Å². The van der Waals surface area contributed by atoms with Gasteiger partial charge in [0.15, 0.2) is 0 Å². The molecule has 0 aromatic rings. The molecule has 3 atom stereocenters. The molecule has 88 valence electrons. The summed E-state index contributed by atoms with van der Waals surface area (Å²) in [4.78, 5) is 2.57. The summed E-state index contributed by atoms with van der Waals surface area (Å²) < 4.78 is 5.49. The first-order valence-corrected chi connectivity index (χ1v) is 6.92. The fourth-order valence-electron chi connectivity index (χ4n) is 2.35. The predicted octanol–water partition coefficient (Wildman–Crippen LogP) is 0.788. The maximum atomic E-state index is 6.12.